The first-order valence-electron chi connectivity index (χ1n) is 5.77. The van der Waals surface area contributed by atoms with Crippen molar-refractivity contribution in [2.45, 2.75) is 25.7 Å². The van der Waals surface area contributed by atoms with E-state index in [9.17, 15) is 9.59 Å². The van der Waals surface area contributed by atoms with E-state index in [-0.39, 0.29) is 24.2 Å². The Morgan fingerprint density at radius 2 is 1.94 bits per heavy atom. The molecule has 0 bridgehead atoms. The molecule has 0 heterocycles. The number of amides is 1. The first-order valence-corrected chi connectivity index (χ1v) is 6.15. The Morgan fingerprint density at radius 3 is 2.50 bits per heavy atom. The predicted molar refractivity (Wildman–Crippen MR) is 68.6 cm³/mol. The van der Waals surface area contributed by atoms with Gasteiger partial charge >= 0.3 is 5.97 Å². The summed E-state index contributed by atoms with van der Waals surface area (Å²) in [7, 11) is 0. The fraction of sp³-hybridized carbons (Fsp3) is 0.385. The highest BCUT2D eigenvalue weighted by Crippen LogP contribution is 2.51. The van der Waals surface area contributed by atoms with Crippen molar-refractivity contribution in [3.63, 3.8) is 0 Å². The summed E-state index contributed by atoms with van der Waals surface area (Å²) >= 11 is 5.93. The Balaban J connectivity index is 1.94. The zero-order valence-corrected chi connectivity index (χ0v) is 10.5. The number of aliphatic carboxylic acids is 1. The summed E-state index contributed by atoms with van der Waals surface area (Å²) < 4.78 is 0. The van der Waals surface area contributed by atoms with Crippen LogP contribution in [-0.4, -0.2) is 17.0 Å². The Labute approximate surface area is 110 Å². The van der Waals surface area contributed by atoms with Gasteiger partial charge in [-0.2, -0.15) is 0 Å². The predicted octanol–water partition coefficient (Wildman–Crippen LogP) is 2.92. The molecule has 1 amide bonds. The van der Waals surface area contributed by atoms with Gasteiger partial charge in [0.25, 0.3) is 0 Å². The molecule has 0 atom stereocenters. The summed E-state index contributed by atoms with van der Waals surface area (Å²) in [5, 5.41) is 12.0. The number of halogens is 1. The fourth-order valence-corrected chi connectivity index (χ4v) is 2.19. The smallest absolute Gasteiger partial charge is 0.303 e. The van der Waals surface area contributed by atoms with E-state index in [1.165, 1.54) is 0 Å². The van der Waals surface area contributed by atoms with Gasteiger partial charge in [0.15, 0.2) is 0 Å². The largest absolute Gasteiger partial charge is 0.481 e. The summed E-state index contributed by atoms with van der Waals surface area (Å²) in [6, 6.07) is 6.98. The Bertz CT molecular complexity index is 483. The number of carbonyl (C=O) groups is 2. The average molecular weight is 268 g/mol. The second-order valence-electron chi connectivity index (χ2n) is 4.78. The van der Waals surface area contributed by atoms with Crippen LogP contribution < -0.4 is 5.32 Å². The molecule has 0 saturated heterocycles. The zero-order valence-electron chi connectivity index (χ0n) is 9.78. The lowest BCUT2D eigenvalue weighted by Gasteiger charge is -2.12. The maximum atomic E-state index is 11.8. The van der Waals surface area contributed by atoms with E-state index in [4.69, 9.17) is 16.7 Å². The molecule has 1 aromatic rings. The minimum Gasteiger partial charge on any atom is -0.481 e. The highest BCUT2D eigenvalue weighted by molar-refractivity contribution is 6.33. The minimum absolute atomic E-state index is 0.0585. The van der Waals surface area contributed by atoms with Crippen molar-refractivity contribution < 1.29 is 14.7 Å². The molecule has 1 fully saturated rings. The van der Waals surface area contributed by atoms with E-state index in [0.717, 1.165) is 12.8 Å². The van der Waals surface area contributed by atoms with Crippen LogP contribution >= 0.6 is 11.6 Å². The molecule has 1 aliphatic rings. The van der Waals surface area contributed by atoms with Gasteiger partial charge in [-0.05, 0) is 30.4 Å². The van der Waals surface area contributed by atoms with Gasteiger partial charge in [0.1, 0.15) is 0 Å². The van der Waals surface area contributed by atoms with Crippen molar-refractivity contribution in [1.82, 2.24) is 0 Å². The molecule has 4 nitrogen and oxygen atoms in total. The molecule has 2 N–H and O–H groups in total. The highest BCUT2D eigenvalue weighted by atomic mass is 35.5. The number of hydrogen-bond acceptors (Lipinski definition) is 2. The van der Waals surface area contributed by atoms with Gasteiger partial charge in [0.05, 0.1) is 17.1 Å². The summed E-state index contributed by atoms with van der Waals surface area (Å²) in [6.07, 6.45) is 1.90. The third-order valence-electron chi connectivity index (χ3n) is 3.17. The SMILES string of the molecule is O=C(O)CC1(CC(=O)Nc2ccccc2Cl)CC1. The lowest BCUT2D eigenvalue weighted by atomic mass is 9.98. The zero-order chi connectivity index (χ0) is 13.2. The van der Waals surface area contributed by atoms with Crippen molar-refractivity contribution in [3.8, 4) is 0 Å². The average Bonchev–Trinajstić information content (AvgIpc) is 3.00. The lowest BCUT2D eigenvalue weighted by molar-refractivity contribution is -0.138. The van der Waals surface area contributed by atoms with Gasteiger partial charge in [-0.15, -0.1) is 0 Å². The second kappa shape index (κ2) is 4.98. The Morgan fingerprint density at radius 1 is 1.28 bits per heavy atom. The maximum Gasteiger partial charge on any atom is 0.303 e. The van der Waals surface area contributed by atoms with Gasteiger partial charge in [-0.1, -0.05) is 23.7 Å². The van der Waals surface area contributed by atoms with Crippen LogP contribution in [0.5, 0.6) is 0 Å². The molecule has 0 aromatic heterocycles. The molecule has 1 aliphatic carbocycles. The molecule has 2 rings (SSSR count). The number of carboxylic acids is 1. The summed E-state index contributed by atoms with van der Waals surface area (Å²) in [5.41, 5.74) is 0.229. The van der Waals surface area contributed by atoms with Crippen LogP contribution in [0.25, 0.3) is 0 Å². The monoisotopic (exact) mass is 267 g/mol. The molecule has 0 spiro atoms. The van der Waals surface area contributed by atoms with E-state index < -0.39 is 5.97 Å². The lowest BCUT2D eigenvalue weighted by Crippen LogP contribution is -2.19. The van der Waals surface area contributed by atoms with Crippen LogP contribution in [0, 0.1) is 5.41 Å². The summed E-state index contributed by atoms with van der Waals surface area (Å²) in [5.74, 6) is -1.03. The normalized spacial score (nSPS) is 16.1. The summed E-state index contributed by atoms with van der Waals surface area (Å²) in [6.45, 7) is 0. The number of anilines is 1. The maximum absolute atomic E-state index is 11.8. The van der Waals surface area contributed by atoms with Crippen LogP contribution in [-0.2, 0) is 9.59 Å². The van der Waals surface area contributed by atoms with Gasteiger partial charge < -0.3 is 10.4 Å². The van der Waals surface area contributed by atoms with Crippen LogP contribution in [0.15, 0.2) is 24.3 Å². The summed E-state index contributed by atoms with van der Waals surface area (Å²) in [4.78, 5) is 22.5. The molecule has 18 heavy (non-hydrogen) atoms. The van der Waals surface area contributed by atoms with Crippen LogP contribution in [0.3, 0.4) is 0 Å². The van der Waals surface area contributed by atoms with Crippen molar-refractivity contribution in [2.24, 2.45) is 5.41 Å². The van der Waals surface area contributed by atoms with E-state index in [1.807, 2.05) is 0 Å². The second-order valence-corrected chi connectivity index (χ2v) is 5.18. The van der Waals surface area contributed by atoms with Crippen molar-refractivity contribution in [1.29, 1.82) is 0 Å². The molecule has 0 unspecified atom stereocenters. The number of nitrogens with one attached hydrogen (secondary N) is 1. The third kappa shape index (κ3) is 3.23. The van der Waals surface area contributed by atoms with Crippen LogP contribution in [0.1, 0.15) is 25.7 Å². The Hall–Kier alpha value is -1.55. The molecule has 1 aromatic carbocycles. The quantitative estimate of drug-likeness (QED) is 0.862. The number of carbonyl (C=O) groups excluding carboxylic acids is 1. The molecular weight excluding hydrogens is 254 g/mol. The highest BCUT2D eigenvalue weighted by Gasteiger charge is 2.45. The molecule has 5 heteroatoms. The van der Waals surface area contributed by atoms with Crippen molar-refractivity contribution in [3.05, 3.63) is 29.3 Å². The van der Waals surface area contributed by atoms with Crippen LogP contribution in [0.4, 0.5) is 5.69 Å². The van der Waals surface area contributed by atoms with Gasteiger partial charge in [0.2, 0.25) is 5.91 Å². The molecule has 96 valence electrons. The number of hydrogen-bond donors (Lipinski definition) is 2. The molecule has 1 saturated carbocycles. The van der Waals surface area contributed by atoms with E-state index in [1.54, 1.807) is 24.3 Å². The molecular formula is C13H14ClNO3. The minimum atomic E-state index is -0.849. The fourth-order valence-electron chi connectivity index (χ4n) is 2.01. The van der Waals surface area contributed by atoms with Crippen LogP contribution in [0.2, 0.25) is 5.02 Å². The standard InChI is InChI=1S/C13H14ClNO3/c14-9-3-1-2-4-10(9)15-11(16)7-13(5-6-13)8-12(17)18/h1-4H,5-8H2,(H,15,16)(H,17,18). The van der Waals surface area contributed by atoms with Gasteiger partial charge in [-0.3, -0.25) is 9.59 Å². The Kier molecular flexibility index (Phi) is 3.57. The van der Waals surface area contributed by atoms with Gasteiger partial charge in [0, 0.05) is 6.42 Å². The third-order valence-corrected chi connectivity index (χ3v) is 3.50. The van der Waals surface area contributed by atoms with E-state index >= 15 is 0 Å². The first-order chi connectivity index (χ1) is 8.51. The first kappa shape index (κ1) is 12.9. The van der Waals surface area contributed by atoms with Gasteiger partial charge in [-0.25, -0.2) is 0 Å². The van der Waals surface area contributed by atoms with E-state index in [2.05, 4.69) is 5.32 Å². The number of carboxylic acid groups (broad SMARTS) is 1. The number of rotatable bonds is 5. The van der Waals surface area contributed by atoms with Crippen molar-refractivity contribution >= 4 is 29.2 Å². The number of para-hydroxylation sites is 1. The number of benzene rings is 1. The van der Waals surface area contributed by atoms with Crippen molar-refractivity contribution in [2.75, 3.05) is 5.32 Å². The topological polar surface area (TPSA) is 66.4 Å². The van der Waals surface area contributed by atoms with E-state index in [0.29, 0.717) is 10.7 Å². The molecule has 0 radical (unpaired) electrons. The molecule has 0 aliphatic heterocycles.